The molecule has 0 radical (unpaired) electrons. The molecule has 4 bridgehead atoms. The fourth-order valence-corrected chi connectivity index (χ4v) is 6.37. The van der Waals surface area contributed by atoms with Gasteiger partial charge in [0.2, 0.25) is 0 Å². The summed E-state index contributed by atoms with van der Waals surface area (Å²) in [6.45, 7) is 13.1. The number of aliphatic hydroxyl groups excluding tert-OH is 2. The number of oxazole rings is 1. The number of aromatic nitrogens is 2. The molecule has 290 valence electrons. The molecule has 0 amide bonds. The van der Waals surface area contributed by atoms with E-state index in [4.69, 9.17) is 18.6 Å². The van der Waals surface area contributed by atoms with Crippen LogP contribution in [0.3, 0.4) is 0 Å². The van der Waals surface area contributed by atoms with Gasteiger partial charge in [0, 0.05) is 35.5 Å². The van der Waals surface area contributed by atoms with Crippen molar-refractivity contribution in [1.29, 1.82) is 0 Å². The summed E-state index contributed by atoms with van der Waals surface area (Å²) < 4.78 is 23.4. The SMILES string of the molecule is C/C=C/[C@H](O)C(C)(C)[C@@H]1C/C=C\[C@H]2O[C@H]2/C=C/C=C\c2nc(cs2)C(=O)O[C@H](C(C)(C)[C@@H](O)/C=C/C)C\C=C/C=C\C=C\[C@H](C)Cc2nc(co2)C(=O)O1. The minimum Gasteiger partial charge on any atom is -0.457 e. The van der Waals surface area contributed by atoms with E-state index in [1.165, 1.54) is 17.6 Å². The van der Waals surface area contributed by atoms with Gasteiger partial charge < -0.3 is 28.8 Å². The standard InChI is InChI=1S/C43H54N2O8S/c1-8-18-34(46)42(4,5)36-23-14-12-10-11-13-20-29(3)26-38-44-30(27-50-38)40(48)52-37(43(6,7)35(47)19-9-2)24-17-22-33-32(51-33)21-15-16-25-39-45-31(28-54-39)41(49)53-36/h8-22,25,27-29,32-37,46-47H,23-24,26H2,1-7H3/b11-10-,14-12-,18-8+,19-9+,20-13+,21-15+,22-17-,25-16-/t29-,32-,33+,34-,35-,36-,37-/m0/s1. The quantitative estimate of drug-likeness (QED) is 0.168. The number of nitrogens with zero attached hydrogens (tertiary/aromatic N) is 2. The Morgan fingerprint density at radius 1 is 0.778 bits per heavy atom. The number of rotatable bonds is 6. The number of ether oxygens (including phenoxy) is 3. The van der Waals surface area contributed by atoms with Crippen molar-refractivity contribution < 1.29 is 38.4 Å². The van der Waals surface area contributed by atoms with Gasteiger partial charge in [-0.05, 0) is 25.8 Å². The fraction of sp³-hybridized carbons (Fsp3) is 0.442. The lowest BCUT2D eigenvalue weighted by molar-refractivity contribution is -0.0461. The Balaban J connectivity index is 1.56. The van der Waals surface area contributed by atoms with Crippen LogP contribution in [0, 0.1) is 16.7 Å². The van der Waals surface area contributed by atoms with Crippen LogP contribution < -0.4 is 0 Å². The molecular formula is C43H54N2O8S. The fourth-order valence-electron chi connectivity index (χ4n) is 5.68. The van der Waals surface area contributed by atoms with Crippen LogP contribution in [0.25, 0.3) is 6.08 Å². The molecule has 2 aromatic rings. The number of esters is 2. The third kappa shape index (κ3) is 12.0. The highest BCUT2D eigenvalue weighted by atomic mass is 32.1. The van der Waals surface area contributed by atoms with Gasteiger partial charge >= 0.3 is 11.9 Å². The van der Waals surface area contributed by atoms with E-state index < -0.39 is 47.2 Å². The lowest BCUT2D eigenvalue weighted by Crippen LogP contribution is -2.42. The monoisotopic (exact) mass is 758 g/mol. The normalized spacial score (nSPS) is 28.6. The third-order valence-corrected chi connectivity index (χ3v) is 10.4. The zero-order chi connectivity index (χ0) is 39.3. The topological polar surface area (TPSA) is 145 Å². The summed E-state index contributed by atoms with van der Waals surface area (Å²) >= 11 is 1.33. The van der Waals surface area contributed by atoms with Gasteiger partial charge in [0.15, 0.2) is 17.3 Å². The molecule has 0 saturated carbocycles. The average Bonchev–Trinajstić information content (AvgIpc) is 3.45. The van der Waals surface area contributed by atoms with Gasteiger partial charge in [0.25, 0.3) is 0 Å². The second kappa shape index (κ2) is 19.8. The highest BCUT2D eigenvalue weighted by Gasteiger charge is 2.40. The number of hydrogen-bond acceptors (Lipinski definition) is 11. The number of cyclic esters (lactones) is 2. The molecule has 1 saturated heterocycles. The summed E-state index contributed by atoms with van der Waals surface area (Å²) in [4.78, 5) is 35.4. The maximum Gasteiger partial charge on any atom is 0.360 e. The maximum absolute atomic E-state index is 13.3. The molecule has 7 atom stereocenters. The van der Waals surface area contributed by atoms with Crippen LogP contribution in [0.15, 0.2) is 107 Å². The molecule has 0 unspecified atom stereocenters. The first-order valence-corrected chi connectivity index (χ1v) is 19.2. The molecule has 2 aromatic heterocycles. The van der Waals surface area contributed by atoms with Crippen LogP contribution in [0.4, 0.5) is 0 Å². The van der Waals surface area contributed by atoms with Crippen LogP contribution in [0.1, 0.15) is 93.2 Å². The number of hydrogen-bond donors (Lipinski definition) is 2. The van der Waals surface area contributed by atoms with Crippen LogP contribution in [0.2, 0.25) is 0 Å². The van der Waals surface area contributed by atoms with Crippen LogP contribution >= 0.6 is 11.3 Å². The van der Waals surface area contributed by atoms with E-state index in [1.54, 1.807) is 35.8 Å². The van der Waals surface area contributed by atoms with E-state index >= 15 is 0 Å². The van der Waals surface area contributed by atoms with E-state index in [2.05, 4.69) is 9.97 Å². The predicted molar refractivity (Wildman–Crippen MR) is 212 cm³/mol. The largest absolute Gasteiger partial charge is 0.457 e. The third-order valence-electron chi connectivity index (χ3n) is 9.57. The van der Waals surface area contributed by atoms with Crippen molar-refractivity contribution in [3.8, 4) is 0 Å². The Labute approximate surface area is 323 Å². The van der Waals surface area contributed by atoms with Gasteiger partial charge in [0.1, 0.15) is 35.7 Å². The van der Waals surface area contributed by atoms with Crippen molar-refractivity contribution in [1.82, 2.24) is 9.97 Å². The number of aliphatic hydroxyl groups is 2. The smallest absolute Gasteiger partial charge is 0.360 e. The molecule has 4 rings (SSSR count). The van der Waals surface area contributed by atoms with Gasteiger partial charge in [-0.1, -0.05) is 126 Å². The summed E-state index contributed by atoms with van der Waals surface area (Å²) in [6, 6.07) is 0. The number of fused-ring (bicyclic) bond motifs is 5. The number of epoxide rings is 1. The van der Waals surface area contributed by atoms with E-state index in [0.717, 1.165) is 0 Å². The molecule has 1 fully saturated rings. The van der Waals surface area contributed by atoms with E-state index in [9.17, 15) is 19.8 Å². The Morgan fingerprint density at radius 3 is 2.04 bits per heavy atom. The summed E-state index contributed by atoms with van der Waals surface area (Å²) in [5.41, 5.74) is -1.32. The molecule has 2 aliphatic rings. The number of thiazole rings is 1. The van der Waals surface area contributed by atoms with Crippen molar-refractivity contribution >= 4 is 29.4 Å². The summed E-state index contributed by atoms with van der Waals surface area (Å²) in [6.07, 6.45) is 28.9. The number of carbonyl (C=O) groups is 2. The van der Waals surface area contributed by atoms with E-state index in [-0.39, 0.29) is 29.5 Å². The molecule has 10 nitrogen and oxygen atoms in total. The predicted octanol–water partition coefficient (Wildman–Crippen LogP) is 8.34. The first-order valence-electron chi connectivity index (χ1n) is 18.4. The Bertz CT molecular complexity index is 1790. The maximum atomic E-state index is 13.3. The Kier molecular flexibility index (Phi) is 15.5. The molecule has 4 heterocycles. The lowest BCUT2D eigenvalue weighted by atomic mass is 9.79. The average molecular weight is 759 g/mol. The highest BCUT2D eigenvalue weighted by molar-refractivity contribution is 7.10. The van der Waals surface area contributed by atoms with Gasteiger partial charge in [0.05, 0.1) is 12.2 Å². The van der Waals surface area contributed by atoms with E-state index in [0.29, 0.717) is 30.2 Å². The highest BCUT2D eigenvalue weighted by Crippen LogP contribution is 2.34. The van der Waals surface area contributed by atoms with Gasteiger partial charge in [-0.3, -0.25) is 0 Å². The van der Waals surface area contributed by atoms with Crippen molar-refractivity contribution in [2.24, 2.45) is 16.7 Å². The number of carbonyl (C=O) groups excluding carboxylic acids is 2. The zero-order valence-corrected chi connectivity index (χ0v) is 33.0. The first-order chi connectivity index (χ1) is 25.8. The van der Waals surface area contributed by atoms with Crippen molar-refractivity contribution in [3.63, 3.8) is 0 Å². The van der Waals surface area contributed by atoms with Crippen molar-refractivity contribution in [2.45, 2.75) is 104 Å². The first kappa shape index (κ1) is 42.3. The molecule has 0 spiro atoms. The van der Waals surface area contributed by atoms with Crippen LogP contribution in [-0.2, 0) is 20.6 Å². The Hall–Kier alpha value is -4.42. The molecule has 0 aromatic carbocycles. The second-order valence-electron chi connectivity index (χ2n) is 14.7. The summed E-state index contributed by atoms with van der Waals surface area (Å²) in [5.74, 6) is -0.717. The zero-order valence-electron chi connectivity index (χ0n) is 32.2. The molecular weight excluding hydrogens is 705 g/mol. The van der Waals surface area contributed by atoms with Crippen molar-refractivity contribution in [3.05, 3.63) is 125 Å². The summed E-state index contributed by atoms with van der Waals surface area (Å²) in [7, 11) is 0. The molecule has 11 heteroatoms. The van der Waals surface area contributed by atoms with Crippen LogP contribution in [-0.4, -0.2) is 68.7 Å². The molecule has 2 aliphatic heterocycles. The summed E-state index contributed by atoms with van der Waals surface area (Å²) in [5, 5.41) is 24.1. The van der Waals surface area contributed by atoms with Crippen molar-refractivity contribution in [2.75, 3.05) is 0 Å². The van der Waals surface area contributed by atoms with Gasteiger partial charge in [-0.25, -0.2) is 19.6 Å². The second-order valence-corrected chi connectivity index (χ2v) is 15.5. The van der Waals surface area contributed by atoms with Gasteiger partial charge in [-0.15, -0.1) is 11.3 Å². The molecule has 54 heavy (non-hydrogen) atoms. The minimum atomic E-state index is -0.855. The van der Waals surface area contributed by atoms with E-state index in [1.807, 2.05) is 115 Å². The number of allylic oxidation sites excluding steroid dienone is 9. The lowest BCUT2D eigenvalue weighted by Gasteiger charge is -2.36. The van der Waals surface area contributed by atoms with Gasteiger partial charge in [-0.2, -0.15) is 0 Å². The molecule has 0 aliphatic carbocycles. The minimum absolute atomic E-state index is 0.0528. The van der Waals surface area contributed by atoms with Crippen LogP contribution in [0.5, 0.6) is 0 Å². The Morgan fingerprint density at radius 2 is 1.37 bits per heavy atom. The molecule has 2 N–H and O–H groups in total.